The Morgan fingerprint density at radius 2 is 2.00 bits per heavy atom. The SMILES string of the molecule is Cc1ccc(C(C)Nc2ccc(C(=O)O)cc2C)s1. The van der Waals surface area contributed by atoms with Crippen LogP contribution in [0.25, 0.3) is 0 Å². The first-order chi connectivity index (χ1) is 8.97. The molecule has 3 nitrogen and oxygen atoms in total. The van der Waals surface area contributed by atoms with E-state index in [9.17, 15) is 4.79 Å². The molecule has 1 atom stereocenters. The number of aromatic carboxylic acids is 1. The van der Waals surface area contributed by atoms with Crippen molar-refractivity contribution >= 4 is 23.0 Å². The Morgan fingerprint density at radius 3 is 2.53 bits per heavy atom. The van der Waals surface area contributed by atoms with Crippen LogP contribution in [0.4, 0.5) is 5.69 Å². The Kier molecular flexibility index (Phi) is 3.90. The molecule has 0 amide bonds. The topological polar surface area (TPSA) is 49.3 Å². The third-order valence-electron chi connectivity index (χ3n) is 3.03. The van der Waals surface area contributed by atoms with Gasteiger partial charge in [0.25, 0.3) is 0 Å². The lowest BCUT2D eigenvalue weighted by Crippen LogP contribution is -2.07. The van der Waals surface area contributed by atoms with Crippen molar-refractivity contribution in [1.29, 1.82) is 0 Å². The molecule has 0 aliphatic carbocycles. The molecule has 0 bridgehead atoms. The molecule has 0 saturated heterocycles. The molecule has 0 saturated carbocycles. The number of carboxylic acids is 1. The molecular formula is C15H17NO2S. The number of rotatable bonds is 4. The van der Waals surface area contributed by atoms with E-state index in [1.807, 2.05) is 13.0 Å². The number of hydrogen-bond donors (Lipinski definition) is 2. The Bertz CT molecular complexity index is 604. The smallest absolute Gasteiger partial charge is 0.335 e. The highest BCUT2D eigenvalue weighted by Gasteiger charge is 2.10. The standard InChI is InChI=1S/C15H17NO2S/c1-9-8-12(15(17)18)5-6-13(9)16-11(3)14-7-4-10(2)19-14/h4-8,11,16H,1-3H3,(H,17,18). The second-order valence-electron chi connectivity index (χ2n) is 4.65. The summed E-state index contributed by atoms with van der Waals surface area (Å²) in [4.78, 5) is 13.5. The first-order valence-corrected chi connectivity index (χ1v) is 6.96. The zero-order valence-corrected chi connectivity index (χ0v) is 12.0. The van der Waals surface area contributed by atoms with Crippen LogP contribution in [0.5, 0.6) is 0 Å². The summed E-state index contributed by atoms with van der Waals surface area (Å²) in [5.74, 6) is -0.892. The number of carbonyl (C=O) groups is 1. The van der Waals surface area contributed by atoms with Gasteiger partial charge in [-0.1, -0.05) is 0 Å². The average molecular weight is 275 g/mol. The molecule has 0 spiro atoms. The van der Waals surface area contributed by atoms with Gasteiger partial charge in [-0.25, -0.2) is 4.79 Å². The minimum absolute atomic E-state index is 0.216. The van der Waals surface area contributed by atoms with Crippen LogP contribution in [0.3, 0.4) is 0 Å². The zero-order chi connectivity index (χ0) is 14.0. The number of carboxylic acid groups (broad SMARTS) is 1. The fraction of sp³-hybridized carbons (Fsp3) is 0.267. The fourth-order valence-electron chi connectivity index (χ4n) is 1.95. The molecule has 1 unspecified atom stereocenters. The van der Waals surface area contributed by atoms with Crippen molar-refractivity contribution in [3.05, 3.63) is 51.2 Å². The van der Waals surface area contributed by atoms with E-state index in [1.54, 1.807) is 23.5 Å². The number of anilines is 1. The third kappa shape index (κ3) is 3.15. The van der Waals surface area contributed by atoms with E-state index < -0.39 is 5.97 Å². The van der Waals surface area contributed by atoms with Gasteiger partial charge in [0.15, 0.2) is 0 Å². The summed E-state index contributed by atoms with van der Waals surface area (Å²) in [6.07, 6.45) is 0. The van der Waals surface area contributed by atoms with E-state index >= 15 is 0 Å². The maximum atomic E-state index is 10.9. The second-order valence-corrected chi connectivity index (χ2v) is 5.97. The molecule has 1 aromatic heterocycles. The van der Waals surface area contributed by atoms with E-state index in [0.717, 1.165) is 11.3 Å². The Hall–Kier alpha value is -1.81. The van der Waals surface area contributed by atoms with Gasteiger partial charge in [-0.15, -0.1) is 11.3 Å². The van der Waals surface area contributed by atoms with Crippen LogP contribution < -0.4 is 5.32 Å². The lowest BCUT2D eigenvalue weighted by Gasteiger charge is -2.16. The molecular weight excluding hydrogens is 258 g/mol. The lowest BCUT2D eigenvalue weighted by molar-refractivity contribution is 0.0697. The Labute approximate surface area is 116 Å². The third-order valence-corrected chi connectivity index (χ3v) is 4.22. The number of benzene rings is 1. The monoisotopic (exact) mass is 275 g/mol. The maximum absolute atomic E-state index is 10.9. The van der Waals surface area contributed by atoms with Crippen molar-refractivity contribution in [3.8, 4) is 0 Å². The van der Waals surface area contributed by atoms with Crippen molar-refractivity contribution in [2.45, 2.75) is 26.8 Å². The van der Waals surface area contributed by atoms with Gasteiger partial charge >= 0.3 is 5.97 Å². The van der Waals surface area contributed by atoms with Crippen LogP contribution in [0.1, 0.15) is 38.6 Å². The van der Waals surface area contributed by atoms with Crippen LogP contribution in [0, 0.1) is 13.8 Å². The van der Waals surface area contributed by atoms with Gasteiger partial charge in [0, 0.05) is 15.4 Å². The minimum Gasteiger partial charge on any atom is -0.478 e. The number of thiophene rings is 1. The molecule has 100 valence electrons. The minimum atomic E-state index is -0.892. The largest absolute Gasteiger partial charge is 0.478 e. The van der Waals surface area contributed by atoms with Crippen LogP contribution in [0.2, 0.25) is 0 Å². The van der Waals surface area contributed by atoms with Crippen LogP contribution in [0.15, 0.2) is 30.3 Å². The highest BCUT2D eigenvalue weighted by molar-refractivity contribution is 7.12. The summed E-state index contributed by atoms with van der Waals surface area (Å²) < 4.78 is 0. The molecule has 19 heavy (non-hydrogen) atoms. The van der Waals surface area contributed by atoms with Crippen LogP contribution >= 0.6 is 11.3 Å². The van der Waals surface area contributed by atoms with Gasteiger partial charge in [0.2, 0.25) is 0 Å². The van der Waals surface area contributed by atoms with Crippen LogP contribution in [-0.4, -0.2) is 11.1 Å². The predicted molar refractivity (Wildman–Crippen MR) is 79.2 cm³/mol. The van der Waals surface area contributed by atoms with Gasteiger partial charge in [-0.3, -0.25) is 0 Å². The second kappa shape index (κ2) is 5.45. The Morgan fingerprint density at radius 1 is 1.26 bits per heavy atom. The van der Waals surface area contributed by atoms with Crippen molar-refractivity contribution in [2.75, 3.05) is 5.32 Å². The molecule has 1 aromatic carbocycles. The molecule has 4 heteroatoms. The number of nitrogens with one attached hydrogen (secondary N) is 1. The first-order valence-electron chi connectivity index (χ1n) is 6.14. The van der Waals surface area contributed by atoms with Gasteiger partial charge in [0.1, 0.15) is 0 Å². The van der Waals surface area contributed by atoms with Crippen LogP contribution in [-0.2, 0) is 0 Å². The van der Waals surface area contributed by atoms with Crippen molar-refractivity contribution in [1.82, 2.24) is 0 Å². The summed E-state index contributed by atoms with van der Waals surface area (Å²) >= 11 is 1.77. The van der Waals surface area contributed by atoms with Gasteiger partial charge in [-0.05, 0) is 56.7 Å². The molecule has 0 fully saturated rings. The van der Waals surface area contributed by atoms with Crippen molar-refractivity contribution < 1.29 is 9.90 Å². The fourth-order valence-corrected chi connectivity index (χ4v) is 2.83. The predicted octanol–water partition coefficient (Wildman–Crippen LogP) is 4.24. The summed E-state index contributed by atoms with van der Waals surface area (Å²) in [7, 11) is 0. The van der Waals surface area contributed by atoms with E-state index in [-0.39, 0.29) is 6.04 Å². The van der Waals surface area contributed by atoms with Gasteiger partial charge < -0.3 is 10.4 Å². The molecule has 0 aliphatic rings. The average Bonchev–Trinajstić information content (AvgIpc) is 2.78. The van der Waals surface area contributed by atoms with Crippen molar-refractivity contribution in [2.24, 2.45) is 0 Å². The number of aryl methyl sites for hydroxylation is 2. The zero-order valence-electron chi connectivity index (χ0n) is 11.2. The summed E-state index contributed by atoms with van der Waals surface area (Å²) in [5.41, 5.74) is 2.24. The van der Waals surface area contributed by atoms with E-state index in [2.05, 4.69) is 31.3 Å². The molecule has 1 heterocycles. The lowest BCUT2D eigenvalue weighted by atomic mass is 10.1. The summed E-state index contributed by atoms with van der Waals surface area (Å²) in [5, 5.41) is 12.4. The van der Waals surface area contributed by atoms with Gasteiger partial charge in [0.05, 0.1) is 11.6 Å². The molecule has 2 rings (SSSR count). The normalized spacial score (nSPS) is 12.2. The van der Waals surface area contributed by atoms with Gasteiger partial charge in [-0.2, -0.15) is 0 Å². The quantitative estimate of drug-likeness (QED) is 0.877. The highest BCUT2D eigenvalue weighted by Crippen LogP contribution is 2.27. The first kappa shape index (κ1) is 13.6. The molecule has 2 aromatic rings. The molecule has 0 aliphatic heterocycles. The summed E-state index contributed by atoms with van der Waals surface area (Å²) in [6, 6.07) is 9.60. The highest BCUT2D eigenvalue weighted by atomic mass is 32.1. The number of hydrogen-bond acceptors (Lipinski definition) is 3. The molecule has 0 radical (unpaired) electrons. The Balaban J connectivity index is 2.17. The van der Waals surface area contributed by atoms with Crippen molar-refractivity contribution in [3.63, 3.8) is 0 Å². The van der Waals surface area contributed by atoms with E-state index in [1.165, 1.54) is 9.75 Å². The van der Waals surface area contributed by atoms with E-state index in [4.69, 9.17) is 5.11 Å². The molecule has 2 N–H and O–H groups in total. The van der Waals surface area contributed by atoms with E-state index in [0.29, 0.717) is 5.56 Å². The maximum Gasteiger partial charge on any atom is 0.335 e. The summed E-state index contributed by atoms with van der Waals surface area (Å²) in [6.45, 7) is 6.12.